The quantitative estimate of drug-likeness (QED) is 0.749. The molecule has 4 heteroatoms. The summed E-state index contributed by atoms with van der Waals surface area (Å²) in [4.78, 5) is 13.7. The molecule has 19 heavy (non-hydrogen) atoms. The Kier molecular flexibility index (Phi) is 4.66. The highest BCUT2D eigenvalue weighted by molar-refractivity contribution is 9.10. The minimum absolute atomic E-state index is 0.0618. The maximum absolute atomic E-state index is 11.7. The Morgan fingerprint density at radius 3 is 2.68 bits per heavy atom. The molecule has 0 spiro atoms. The summed E-state index contributed by atoms with van der Waals surface area (Å²) in [5.41, 5.74) is 0.724. The predicted octanol–water partition coefficient (Wildman–Crippen LogP) is 4.81. The fourth-order valence-electron chi connectivity index (χ4n) is 1.66. The summed E-state index contributed by atoms with van der Waals surface area (Å²) in [7, 11) is 1.64. The predicted molar refractivity (Wildman–Crippen MR) is 81.3 cm³/mol. The van der Waals surface area contributed by atoms with Crippen LogP contribution in [0.3, 0.4) is 0 Å². The molecule has 0 atom stereocenters. The molecule has 0 fully saturated rings. The average Bonchev–Trinajstić information content (AvgIpc) is 2.41. The number of methoxy groups -OCH3 is 1. The number of ketones is 1. The normalized spacial score (nSPS) is 10.3. The second-order valence-electron chi connectivity index (χ2n) is 3.98. The molecule has 2 nitrogen and oxygen atoms in total. The van der Waals surface area contributed by atoms with Gasteiger partial charge in [-0.15, -0.1) is 0 Å². The van der Waals surface area contributed by atoms with Gasteiger partial charge in [-0.2, -0.15) is 0 Å². The topological polar surface area (TPSA) is 26.3 Å². The Labute approximate surface area is 125 Å². The van der Waals surface area contributed by atoms with Crippen molar-refractivity contribution < 1.29 is 9.53 Å². The lowest BCUT2D eigenvalue weighted by Gasteiger charge is -2.08. The first-order chi connectivity index (χ1) is 9.10. The fraction of sp³-hybridized carbons (Fsp3) is 0.133. The zero-order chi connectivity index (χ0) is 13.8. The number of hydrogen-bond acceptors (Lipinski definition) is 3. The van der Waals surface area contributed by atoms with E-state index in [1.807, 2.05) is 42.5 Å². The number of carbonyl (C=O) groups excluding carboxylic acids is 1. The van der Waals surface area contributed by atoms with Crippen LogP contribution in [-0.2, 0) is 0 Å². The summed E-state index contributed by atoms with van der Waals surface area (Å²) in [6.07, 6.45) is 0. The number of rotatable bonds is 4. The summed E-state index contributed by atoms with van der Waals surface area (Å²) in [5, 5.41) is 0. The lowest BCUT2D eigenvalue weighted by Crippen LogP contribution is -1.95. The van der Waals surface area contributed by atoms with Crippen molar-refractivity contribution in [1.29, 1.82) is 0 Å². The molecule has 0 aliphatic heterocycles. The van der Waals surface area contributed by atoms with Crippen molar-refractivity contribution in [2.75, 3.05) is 7.11 Å². The van der Waals surface area contributed by atoms with Gasteiger partial charge < -0.3 is 4.74 Å². The number of hydrogen-bond donors (Lipinski definition) is 0. The van der Waals surface area contributed by atoms with Crippen LogP contribution in [0.2, 0.25) is 0 Å². The van der Waals surface area contributed by atoms with Crippen molar-refractivity contribution in [3.8, 4) is 5.75 Å². The van der Waals surface area contributed by atoms with Crippen molar-refractivity contribution >= 4 is 33.5 Å². The molecule has 0 aliphatic carbocycles. The Morgan fingerprint density at radius 2 is 2.00 bits per heavy atom. The molecule has 2 aromatic rings. The van der Waals surface area contributed by atoms with Gasteiger partial charge in [0, 0.05) is 19.8 Å². The fourth-order valence-corrected chi connectivity index (χ4v) is 3.04. The van der Waals surface area contributed by atoms with Crippen LogP contribution >= 0.6 is 27.7 Å². The summed E-state index contributed by atoms with van der Waals surface area (Å²) < 4.78 is 6.11. The molecule has 0 radical (unpaired) electrons. The summed E-state index contributed by atoms with van der Waals surface area (Å²) in [5.74, 6) is 0.873. The summed E-state index contributed by atoms with van der Waals surface area (Å²) in [6.45, 7) is 1.58. The monoisotopic (exact) mass is 336 g/mol. The second-order valence-corrected chi connectivity index (χ2v) is 6.01. The number of benzene rings is 2. The molecule has 0 aromatic heterocycles. The number of carbonyl (C=O) groups is 1. The van der Waals surface area contributed by atoms with Crippen LogP contribution in [-0.4, -0.2) is 12.9 Å². The van der Waals surface area contributed by atoms with Crippen LogP contribution in [0.25, 0.3) is 0 Å². The largest absolute Gasteiger partial charge is 0.497 e. The van der Waals surface area contributed by atoms with Crippen LogP contribution in [0.5, 0.6) is 5.75 Å². The molecule has 2 rings (SSSR count). The highest BCUT2D eigenvalue weighted by Gasteiger charge is 2.09. The molecular formula is C15H13BrO2S. The minimum atomic E-state index is 0.0618. The van der Waals surface area contributed by atoms with Gasteiger partial charge in [-0.3, -0.25) is 4.79 Å². The Bertz CT molecular complexity index is 611. The van der Waals surface area contributed by atoms with E-state index in [1.54, 1.807) is 25.8 Å². The maximum Gasteiger partial charge on any atom is 0.160 e. The molecule has 0 saturated carbocycles. The number of ether oxygens (including phenoxy) is 1. The Hall–Kier alpha value is -1.26. The van der Waals surface area contributed by atoms with Crippen molar-refractivity contribution in [3.05, 3.63) is 52.5 Å². The van der Waals surface area contributed by atoms with Crippen molar-refractivity contribution in [3.63, 3.8) is 0 Å². The van der Waals surface area contributed by atoms with Gasteiger partial charge >= 0.3 is 0 Å². The molecule has 0 N–H and O–H groups in total. The number of Topliss-reactive ketones (excluding diaryl/α,β-unsaturated/α-hetero) is 1. The van der Waals surface area contributed by atoms with E-state index >= 15 is 0 Å². The lowest BCUT2D eigenvalue weighted by molar-refractivity contribution is 0.101. The van der Waals surface area contributed by atoms with E-state index in [4.69, 9.17) is 4.74 Å². The molecule has 0 heterocycles. The van der Waals surface area contributed by atoms with Gasteiger partial charge in [0.05, 0.1) is 7.11 Å². The van der Waals surface area contributed by atoms with Crippen molar-refractivity contribution in [2.24, 2.45) is 0 Å². The van der Waals surface area contributed by atoms with Crippen LogP contribution in [0, 0.1) is 0 Å². The van der Waals surface area contributed by atoms with E-state index < -0.39 is 0 Å². The third-order valence-electron chi connectivity index (χ3n) is 2.59. The van der Waals surface area contributed by atoms with Gasteiger partial charge in [-0.25, -0.2) is 0 Å². The maximum atomic E-state index is 11.7. The second kappa shape index (κ2) is 6.26. The van der Waals surface area contributed by atoms with E-state index in [-0.39, 0.29) is 5.78 Å². The number of halogens is 1. The third-order valence-corrected chi connectivity index (χ3v) is 4.15. The molecular weight excluding hydrogens is 324 g/mol. The SMILES string of the molecule is COc1cccc(Sc2ccc(Br)cc2C(C)=O)c1. The molecule has 0 amide bonds. The first kappa shape index (κ1) is 14.2. The molecule has 0 bridgehead atoms. The van der Waals surface area contributed by atoms with Crippen LogP contribution in [0.1, 0.15) is 17.3 Å². The Morgan fingerprint density at radius 1 is 1.21 bits per heavy atom. The third kappa shape index (κ3) is 3.61. The minimum Gasteiger partial charge on any atom is -0.497 e. The van der Waals surface area contributed by atoms with Gasteiger partial charge in [0.1, 0.15) is 5.75 Å². The van der Waals surface area contributed by atoms with Gasteiger partial charge in [0.15, 0.2) is 5.78 Å². The van der Waals surface area contributed by atoms with E-state index in [9.17, 15) is 4.79 Å². The highest BCUT2D eigenvalue weighted by atomic mass is 79.9. The Balaban J connectivity index is 2.34. The standard InChI is InChI=1S/C15H13BrO2S/c1-10(17)14-8-11(16)6-7-15(14)19-13-5-3-4-12(9-13)18-2/h3-9H,1-2H3. The van der Waals surface area contributed by atoms with E-state index in [0.717, 1.165) is 25.6 Å². The van der Waals surface area contributed by atoms with Crippen LogP contribution in [0.4, 0.5) is 0 Å². The molecule has 2 aromatic carbocycles. The van der Waals surface area contributed by atoms with Crippen LogP contribution < -0.4 is 4.74 Å². The van der Waals surface area contributed by atoms with E-state index in [0.29, 0.717) is 0 Å². The van der Waals surface area contributed by atoms with Gasteiger partial charge in [0.2, 0.25) is 0 Å². The first-order valence-electron chi connectivity index (χ1n) is 5.72. The molecule has 0 saturated heterocycles. The summed E-state index contributed by atoms with van der Waals surface area (Å²) >= 11 is 4.95. The first-order valence-corrected chi connectivity index (χ1v) is 7.33. The smallest absolute Gasteiger partial charge is 0.160 e. The van der Waals surface area contributed by atoms with Crippen molar-refractivity contribution in [1.82, 2.24) is 0 Å². The van der Waals surface area contributed by atoms with Gasteiger partial charge in [-0.05, 0) is 43.3 Å². The molecule has 98 valence electrons. The van der Waals surface area contributed by atoms with Crippen molar-refractivity contribution in [2.45, 2.75) is 16.7 Å². The van der Waals surface area contributed by atoms with E-state index in [1.165, 1.54) is 0 Å². The van der Waals surface area contributed by atoms with E-state index in [2.05, 4.69) is 15.9 Å². The zero-order valence-electron chi connectivity index (χ0n) is 10.6. The molecule has 0 unspecified atom stereocenters. The zero-order valence-corrected chi connectivity index (χ0v) is 13.0. The lowest BCUT2D eigenvalue weighted by atomic mass is 10.1. The average molecular weight is 337 g/mol. The van der Waals surface area contributed by atoms with Crippen LogP contribution in [0.15, 0.2) is 56.7 Å². The molecule has 0 aliphatic rings. The summed E-state index contributed by atoms with van der Waals surface area (Å²) in [6, 6.07) is 13.5. The van der Waals surface area contributed by atoms with Gasteiger partial charge in [-0.1, -0.05) is 33.8 Å². The highest BCUT2D eigenvalue weighted by Crippen LogP contribution is 2.33. The van der Waals surface area contributed by atoms with Gasteiger partial charge in [0.25, 0.3) is 0 Å².